The van der Waals surface area contributed by atoms with Crippen LogP contribution in [0.1, 0.15) is 74.6 Å². The summed E-state index contributed by atoms with van der Waals surface area (Å²) in [4.78, 5) is 27.2. The van der Waals surface area contributed by atoms with Crippen LogP contribution in [0.3, 0.4) is 0 Å². The molecule has 5 saturated carbocycles. The molecule has 1 aliphatic heterocycles. The lowest BCUT2D eigenvalue weighted by atomic mass is 9.49. The zero-order chi connectivity index (χ0) is 21.7. The van der Waals surface area contributed by atoms with Crippen molar-refractivity contribution >= 4 is 11.8 Å². The summed E-state index contributed by atoms with van der Waals surface area (Å²) in [6.07, 6.45) is 12.2. The van der Waals surface area contributed by atoms with Crippen molar-refractivity contribution in [2.24, 2.45) is 29.1 Å². The third-order valence-electron chi connectivity index (χ3n) is 8.87. The van der Waals surface area contributed by atoms with Crippen molar-refractivity contribution in [2.75, 3.05) is 19.6 Å². The molecule has 1 heterocycles. The summed E-state index contributed by atoms with van der Waals surface area (Å²) in [7, 11) is 0. The molecule has 1 aromatic rings. The highest BCUT2D eigenvalue weighted by atomic mass is 16.5. The van der Waals surface area contributed by atoms with Gasteiger partial charge in [-0.05, 0) is 92.7 Å². The van der Waals surface area contributed by atoms with Crippen LogP contribution in [0.4, 0.5) is 0 Å². The molecule has 5 heteroatoms. The van der Waals surface area contributed by atoms with Gasteiger partial charge in [-0.15, -0.1) is 0 Å². The second-order valence-corrected chi connectivity index (χ2v) is 11.5. The average Bonchev–Trinajstić information content (AvgIpc) is 3.62. The maximum Gasteiger partial charge on any atom is 0.251 e. The Kier molecular flexibility index (Phi) is 5.19. The highest BCUT2D eigenvalue weighted by Crippen LogP contribution is 2.59. The Bertz CT molecular complexity index is 849. The maximum absolute atomic E-state index is 13.0. The first kappa shape index (κ1) is 20.6. The van der Waals surface area contributed by atoms with Gasteiger partial charge < -0.3 is 15.0 Å². The minimum atomic E-state index is 0.0241. The molecule has 4 bridgehead atoms. The number of nitrogens with one attached hydrogen (secondary N) is 1. The Hall–Kier alpha value is -2.04. The van der Waals surface area contributed by atoms with Crippen LogP contribution in [-0.4, -0.2) is 42.5 Å². The van der Waals surface area contributed by atoms with Crippen molar-refractivity contribution in [3.05, 3.63) is 29.8 Å². The van der Waals surface area contributed by atoms with E-state index in [9.17, 15) is 9.59 Å². The van der Waals surface area contributed by atoms with Crippen LogP contribution in [-0.2, 0) is 4.79 Å². The summed E-state index contributed by atoms with van der Waals surface area (Å²) in [5, 5.41) is 3.28. The number of piperidine rings is 1. The highest BCUT2D eigenvalue weighted by molar-refractivity contribution is 5.94. The highest BCUT2D eigenvalue weighted by Gasteiger charge is 2.50. The molecule has 2 amide bonds. The molecule has 0 unspecified atom stereocenters. The molecule has 0 aromatic heterocycles. The molecule has 7 rings (SSSR count). The smallest absolute Gasteiger partial charge is 0.251 e. The molecule has 6 aliphatic rings. The van der Waals surface area contributed by atoms with E-state index in [4.69, 9.17) is 4.74 Å². The van der Waals surface area contributed by atoms with Gasteiger partial charge in [-0.1, -0.05) is 6.07 Å². The van der Waals surface area contributed by atoms with Gasteiger partial charge in [0.25, 0.3) is 5.91 Å². The second-order valence-electron chi connectivity index (χ2n) is 11.5. The van der Waals surface area contributed by atoms with E-state index in [1.807, 2.05) is 29.2 Å². The topological polar surface area (TPSA) is 58.6 Å². The van der Waals surface area contributed by atoms with Gasteiger partial charge in [0.05, 0.1) is 0 Å². The van der Waals surface area contributed by atoms with Crippen LogP contribution in [0.25, 0.3) is 0 Å². The molecule has 0 atom stereocenters. The summed E-state index contributed by atoms with van der Waals surface area (Å²) in [5.41, 5.74) is 1.04. The van der Waals surface area contributed by atoms with E-state index < -0.39 is 0 Å². The minimum absolute atomic E-state index is 0.0241. The van der Waals surface area contributed by atoms with E-state index in [2.05, 4.69) is 5.32 Å². The summed E-state index contributed by atoms with van der Waals surface area (Å²) < 4.78 is 6.21. The van der Waals surface area contributed by atoms with Crippen molar-refractivity contribution in [2.45, 2.75) is 70.3 Å². The predicted molar refractivity (Wildman–Crippen MR) is 122 cm³/mol. The fourth-order valence-electron chi connectivity index (χ4n) is 7.56. The van der Waals surface area contributed by atoms with Gasteiger partial charge in [0.15, 0.2) is 0 Å². The van der Waals surface area contributed by atoms with E-state index in [1.165, 1.54) is 38.5 Å². The van der Waals surface area contributed by atoms with Crippen LogP contribution in [0.2, 0.25) is 0 Å². The average molecular weight is 437 g/mol. The second kappa shape index (κ2) is 8.07. The van der Waals surface area contributed by atoms with Crippen molar-refractivity contribution in [3.63, 3.8) is 0 Å². The van der Waals surface area contributed by atoms with Gasteiger partial charge in [-0.3, -0.25) is 9.59 Å². The standard InChI is InChI=1S/C27H36N2O3/c30-25(28-17-27-14-18-10-19(15-27)12-20(11-18)16-27)22-2-1-3-24(13-22)32-23-6-8-29(9-7-23)26(31)21-4-5-21/h1-3,13,18-21,23H,4-12,14-17H2,(H,28,30). The van der Waals surface area contributed by atoms with Crippen LogP contribution >= 0.6 is 0 Å². The molecule has 0 radical (unpaired) electrons. The van der Waals surface area contributed by atoms with Gasteiger partial charge in [0.2, 0.25) is 5.91 Å². The lowest BCUT2D eigenvalue weighted by molar-refractivity contribution is -0.134. The van der Waals surface area contributed by atoms with Crippen molar-refractivity contribution in [1.29, 1.82) is 0 Å². The Labute approximate surface area is 191 Å². The zero-order valence-electron chi connectivity index (χ0n) is 19.1. The predicted octanol–water partition coefficient (Wildman–Crippen LogP) is 4.41. The van der Waals surface area contributed by atoms with Crippen LogP contribution in [0.5, 0.6) is 5.75 Å². The lowest BCUT2D eigenvalue weighted by Gasteiger charge is -2.56. The molecule has 32 heavy (non-hydrogen) atoms. The van der Waals surface area contributed by atoms with Gasteiger partial charge >= 0.3 is 0 Å². The molecular weight excluding hydrogens is 400 g/mol. The summed E-state index contributed by atoms with van der Waals surface area (Å²) in [6.45, 7) is 2.39. The number of hydrogen-bond acceptors (Lipinski definition) is 3. The lowest BCUT2D eigenvalue weighted by Crippen LogP contribution is -2.51. The van der Waals surface area contributed by atoms with Crippen molar-refractivity contribution < 1.29 is 14.3 Å². The first-order chi connectivity index (χ1) is 15.6. The molecule has 172 valence electrons. The SMILES string of the molecule is O=C(NCC12CC3CC(CC(C3)C1)C2)c1cccc(OC2CCN(C(=O)C3CC3)CC2)c1. The molecule has 0 spiro atoms. The fourth-order valence-corrected chi connectivity index (χ4v) is 7.56. The summed E-state index contributed by atoms with van der Waals surface area (Å²) >= 11 is 0. The number of carbonyl (C=O) groups is 2. The fraction of sp³-hybridized carbons (Fsp3) is 0.704. The zero-order valence-corrected chi connectivity index (χ0v) is 19.1. The van der Waals surface area contributed by atoms with E-state index in [1.54, 1.807) is 0 Å². The Balaban J connectivity index is 1.02. The molecule has 6 fully saturated rings. The Morgan fingerprint density at radius 1 is 0.969 bits per heavy atom. The number of likely N-dealkylation sites (tertiary alicyclic amines) is 1. The number of rotatable bonds is 6. The van der Waals surface area contributed by atoms with Crippen LogP contribution in [0.15, 0.2) is 24.3 Å². The Morgan fingerprint density at radius 3 is 2.25 bits per heavy atom. The third-order valence-corrected chi connectivity index (χ3v) is 8.87. The van der Waals surface area contributed by atoms with E-state index in [0.717, 1.165) is 68.8 Å². The van der Waals surface area contributed by atoms with E-state index >= 15 is 0 Å². The third kappa shape index (κ3) is 4.15. The van der Waals surface area contributed by atoms with Gasteiger partial charge in [0.1, 0.15) is 11.9 Å². The first-order valence-corrected chi connectivity index (χ1v) is 12.9. The molecule has 1 N–H and O–H groups in total. The molecular formula is C27H36N2O3. The maximum atomic E-state index is 13.0. The molecule has 5 aliphatic carbocycles. The number of amides is 2. The van der Waals surface area contributed by atoms with Gasteiger partial charge in [-0.2, -0.15) is 0 Å². The Morgan fingerprint density at radius 2 is 1.62 bits per heavy atom. The number of carbonyl (C=O) groups excluding carboxylic acids is 2. The first-order valence-electron chi connectivity index (χ1n) is 12.9. The normalized spacial score (nSPS) is 33.9. The largest absolute Gasteiger partial charge is 0.490 e. The number of hydrogen-bond donors (Lipinski definition) is 1. The number of benzene rings is 1. The minimum Gasteiger partial charge on any atom is -0.490 e. The number of nitrogens with zero attached hydrogens (tertiary/aromatic N) is 1. The monoisotopic (exact) mass is 436 g/mol. The summed E-state index contributed by atoms with van der Waals surface area (Å²) in [6, 6.07) is 7.63. The molecule has 1 aromatic carbocycles. The van der Waals surface area contributed by atoms with E-state index in [0.29, 0.717) is 22.8 Å². The van der Waals surface area contributed by atoms with Gasteiger partial charge in [-0.25, -0.2) is 0 Å². The quantitative estimate of drug-likeness (QED) is 0.719. The number of ether oxygens (including phenoxy) is 1. The van der Waals surface area contributed by atoms with Crippen LogP contribution < -0.4 is 10.1 Å². The van der Waals surface area contributed by atoms with Crippen molar-refractivity contribution in [3.8, 4) is 5.75 Å². The van der Waals surface area contributed by atoms with Crippen molar-refractivity contribution in [1.82, 2.24) is 10.2 Å². The van der Waals surface area contributed by atoms with Crippen LogP contribution in [0, 0.1) is 29.1 Å². The molecule has 5 nitrogen and oxygen atoms in total. The molecule has 1 saturated heterocycles. The van der Waals surface area contributed by atoms with E-state index in [-0.39, 0.29) is 12.0 Å². The van der Waals surface area contributed by atoms with Gasteiger partial charge in [0, 0.05) is 44.0 Å². The summed E-state index contributed by atoms with van der Waals surface area (Å²) in [5.74, 6) is 4.13.